The minimum absolute atomic E-state index is 0.268. The van der Waals surface area contributed by atoms with Gasteiger partial charge in [-0.3, -0.25) is 9.59 Å². The number of carboxylic acids is 1. The van der Waals surface area contributed by atoms with E-state index in [4.69, 9.17) is 4.74 Å². The molecule has 0 saturated heterocycles. The minimum atomic E-state index is -0.955. The number of thiophene rings is 1. The molecule has 1 aromatic rings. The molecule has 1 heterocycles. The Hall–Kier alpha value is -2.15. The molecule has 2 aliphatic rings. The molecule has 28 heavy (non-hydrogen) atoms. The lowest BCUT2D eigenvalue weighted by Gasteiger charge is -2.29. The standard InChI is InChI=1S/C21H27NO5S/c1-4-27-21(26)17-13-7-5-6-8-16(13)28-19(17)22-18(23)14-9-11(2)12(3)10-15(14)20(24)25/h14-15H,4-10H2,1-3H3,(H,22,23)(H,24,25)/t14-,15-/m1/s1. The van der Waals surface area contributed by atoms with E-state index in [9.17, 15) is 19.5 Å². The van der Waals surface area contributed by atoms with Gasteiger partial charge in [0.2, 0.25) is 5.91 Å². The molecule has 2 atom stereocenters. The van der Waals surface area contributed by atoms with Crippen molar-refractivity contribution in [1.82, 2.24) is 0 Å². The maximum absolute atomic E-state index is 13.0. The largest absolute Gasteiger partial charge is 0.481 e. The van der Waals surface area contributed by atoms with Crippen molar-refractivity contribution in [3.05, 3.63) is 27.2 Å². The lowest BCUT2D eigenvalue weighted by Crippen LogP contribution is -2.36. The summed E-state index contributed by atoms with van der Waals surface area (Å²) in [5.41, 5.74) is 3.54. The number of anilines is 1. The number of fused-ring (bicyclic) bond motifs is 1. The molecule has 0 spiro atoms. The zero-order valence-corrected chi connectivity index (χ0v) is 17.4. The SMILES string of the molecule is CCOC(=O)c1c(NC(=O)[C@@H]2CC(C)=C(C)C[C@H]2C(=O)O)sc2c1CCCC2. The first-order valence-electron chi connectivity index (χ1n) is 9.84. The summed E-state index contributed by atoms with van der Waals surface area (Å²) in [6.45, 7) is 5.89. The second-order valence-corrected chi connectivity index (χ2v) is 8.75. The number of allylic oxidation sites excluding steroid dienone is 2. The van der Waals surface area contributed by atoms with Crippen molar-refractivity contribution in [3.63, 3.8) is 0 Å². The predicted molar refractivity (Wildman–Crippen MR) is 108 cm³/mol. The van der Waals surface area contributed by atoms with Crippen LogP contribution in [0, 0.1) is 11.8 Å². The summed E-state index contributed by atoms with van der Waals surface area (Å²) in [5, 5.41) is 13.0. The molecular weight excluding hydrogens is 378 g/mol. The van der Waals surface area contributed by atoms with Gasteiger partial charge in [0.15, 0.2) is 0 Å². The number of esters is 1. The molecule has 0 bridgehead atoms. The van der Waals surface area contributed by atoms with Gasteiger partial charge in [-0.1, -0.05) is 11.1 Å². The number of aliphatic carboxylic acids is 1. The third-order valence-electron chi connectivity index (χ3n) is 5.81. The molecule has 1 amide bonds. The number of aryl methyl sites for hydroxylation is 1. The Morgan fingerprint density at radius 1 is 1.11 bits per heavy atom. The van der Waals surface area contributed by atoms with Crippen molar-refractivity contribution in [3.8, 4) is 0 Å². The van der Waals surface area contributed by atoms with E-state index in [1.807, 2.05) is 13.8 Å². The fourth-order valence-electron chi connectivity index (χ4n) is 4.11. The number of hydrogen-bond acceptors (Lipinski definition) is 5. The summed E-state index contributed by atoms with van der Waals surface area (Å²) in [5.74, 6) is -3.09. The first kappa shape index (κ1) is 20.6. The van der Waals surface area contributed by atoms with Crippen LogP contribution in [-0.4, -0.2) is 29.6 Å². The van der Waals surface area contributed by atoms with Crippen LogP contribution in [0.25, 0.3) is 0 Å². The predicted octanol–water partition coefficient (Wildman–Crippen LogP) is 4.19. The number of rotatable bonds is 5. The molecule has 0 radical (unpaired) electrons. The molecule has 7 heteroatoms. The molecular formula is C21H27NO5S. The Bertz CT molecular complexity index is 838. The molecule has 0 aliphatic heterocycles. The van der Waals surface area contributed by atoms with Crippen molar-refractivity contribution in [2.75, 3.05) is 11.9 Å². The molecule has 1 aromatic heterocycles. The van der Waals surface area contributed by atoms with Crippen LogP contribution in [0.5, 0.6) is 0 Å². The first-order chi connectivity index (χ1) is 13.3. The monoisotopic (exact) mass is 405 g/mol. The van der Waals surface area contributed by atoms with Crippen LogP contribution >= 0.6 is 11.3 Å². The number of carbonyl (C=O) groups is 3. The van der Waals surface area contributed by atoms with Gasteiger partial charge >= 0.3 is 11.9 Å². The van der Waals surface area contributed by atoms with Gasteiger partial charge in [0.05, 0.1) is 24.0 Å². The summed E-state index contributed by atoms with van der Waals surface area (Å²) >= 11 is 1.43. The zero-order chi connectivity index (χ0) is 20.4. The number of amides is 1. The molecule has 0 fully saturated rings. The summed E-state index contributed by atoms with van der Waals surface area (Å²) in [6.07, 6.45) is 4.58. The van der Waals surface area contributed by atoms with E-state index < -0.39 is 23.8 Å². The minimum Gasteiger partial charge on any atom is -0.481 e. The lowest BCUT2D eigenvalue weighted by molar-refractivity contribution is -0.146. The average Bonchev–Trinajstić information content (AvgIpc) is 3.01. The second kappa shape index (κ2) is 8.47. The Morgan fingerprint density at radius 3 is 2.39 bits per heavy atom. The zero-order valence-electron chi connectivity index (χ0n) is 16.6. The number of hydrogen-bond donors (Lipinski definition) is 2. The molecule has 0 saturated carbocycles. The van der Waals surface area contributed by atoms with Crippen molar-refractivity contribution in [1.29, 1.82) is 0 Å². The van der Waals surface area contributed by atoms with Gasteiger partial charge < -0.3 is 15.2 Å². The van der Waals surface area contributed by atoms with E-state index in [1.165, 1.54) is 11.3 Å². The smallest absolute Gasteiger partial charge is 0.341 e. The molecule has 2 aliphatic carbocycles. The Kier molecular flexibility index (Phi) is 6.23. The Morgan fingerprint density at radius 2 is 1.75 bits per heavy atom. The van der Waals surface area contributed by atoms with E-state index >= 15 is 0 Å². The van der Waals surface area contributed by atoms with E-state index in [0.29, 0.717) is 23.4 Å². The third kappa shape index (κ3) is 3.99. The molecule has 3 rings (SSSR count). The highest BCUT2D eigenvalue weighted by Crippen LogP contribution is 2.40. The summed E-state index contributed by atoms with van der Waals surface area (Å²) in [7, 11) is 0. The van der Waals surface area contributed by atoms with Crippen molar-refractivity contribution in [2.24, 2.45) is 11.8 Å². The van der Waals surface area contributed by atoms with E-state index in [-0.39, 0.29) is 12.5 Å². The van der Waals surface area contributed by atoms with Crippen LogP contribution in [0.1, 0.15) is 67.3 Å². The molecule has 0 aromatic carbocycles. The molecule has 6 nitrogen and oxygen atoms in total. The third-order valence-corrected chi connectivity index (χ3v) is 7.02. The van der Waals surface area contributed by atoms with Gasteiger partial charge in [-0.25, -0.2) is 4.79 Å². The molecule has 2 N–H and O–H groups in total. The Balaban J connectivity index is 1.90. The highest BCUT2D eigenvalue weighted by Gasteiger charge is 2.38. The average molecular weight is 406 g/mol. The van der Waals surface area contributed by atoms with E-state index in [2.05, 4.69) is 5.32 Å². The van der Waals surface area contributed by atoms with E-state index in [1.54, 1.807) is 6.92 Å². The maximum atomic E-state index is 13.0. The quantitative estimate of drug-likeness (QED) is 0.566. The highest BCUT2D eigenvalue weighted by atomic mass is 32.1. The van der Waals surface area contributed by atoms with Gasteiger partial charge in [0, 0.05) is 4.88 Å². The van der Waals surface area contributed by atoms with Gasteiger partial charge in [-0.2, -0.15) is 0 Å². The number of ether oxygens (including phenoxy) is 1. The Labute approximate surface area is 169 Å². The van der Waals surface area contributed by atoms with Crippen molar-refractivity contribution >= 4 is 34.2 Å². The maximum Gasteiger partial charge on any atom is 0.341 e. The van der Waals surface area contributed by atoms with Gasteiger partial charge in [-0.05, 0) is 64.9 Å². The molecule has 0 unspecified atom stereocenters. The van der Waals surface area contributed by atoms with Crippen LogP contribution in [0.2, 0.25) is 0 Å². The van der Waals surface area contributed by atoms with E-state index in [0.717, 1.165) is 47.3 Å². The van der Waals surface area contributed by atoms with Gasteiger partial charge in [0.1, 0.15) is 5.00 Å². The normalized spacial score (nSPS) is 21.8. The summed E-state index contributed by atoms with van der Waals surface area (Å²) in [4.78, 5) is 38.4. The fraction of sp³-hybridized carbons (Fsp3) is 0.571. The topological polar surface area (TPSA) is 92.7 Å². The van der Waals surface area contributed by atoms with Crippen LogP contribution in [0.15, 0.2) is 11.1 Å². The van der Waals surface area contributed by atoms with Crippen molar-refractivity contribution < 1.29 is 24.2 Å². The first-order valence-corrected chi connectivity index (χ1v) is 10.7. The number of nitrogens with one attached hydrogen (secondary N) is 1. The van der Waals surface area contributed by atoms with Crippen LogP contribution in [0.4, 0.5) is 5.00 Å². The second-order valence-electron chi connectivity index (χ2n) is 7.64. The van der Waals surface area contributed by atoms with Crippen LogP contribution < -0.4 is 5.32 Å². The highest BCUT2D eigenvalue weighted by molar-refractivity contribution is 7.17. The fourth-order valence-corrected chi connectivity index (χ4v) is 5.39. The van der Waals surface area contributed by atoms with Crippen LogP contribution in [0.3, 0.4) is 0 Å². The number of carboxylic acid groups (broad SMARTS) is 1. The number of carbonyl (C=O) groups excluding carboxylic acids is 2. The van der Waals surface area contributed by atoms with Crippen LogP contribution in [-0.2, 0) is 27.2 Å². The summed E-state index contributed by atoms with van der Waals surface area (Å²) < 4.78 is 5.23. The summed E-state index contributed by atoms with van der Waals surface area (Å²) in [6, 6.07) is 0. The van der Waals surface area contributed by atoms with Crippen molar-refractivity contribution in [2.45, 2.75) is 59.3 Å². The lowest BCUT2D eigenvalue weighted by atomic mass is 9.76. The van der Waals surface area contributed by atoms with Gasteiger partial charge in [0.25, 0.3) is 0 Å². The van der Waals surface area contributed by atoms with Gasteiger partial charge in [-0.15, -0.1) is 11.3 Å². The molecule has 152 valence electrons.